The molecular weight excluding hydrogens is 239 g/mol. The Bertz CT molecular complexity index is 642. The SMILES string of the molecule is CCCc1cc(F)cc(-c2cccc(C#N)c2)c1N. The van der Waals surface area contributed by atoms with Gasteiger partial charge < -0.3 is 5.73 Å². The maximum atomic E-state index is 13.7. The Balaban J connectivity index is 2.58. The summed E-state index contributed by atoms with van der Waals surface area (Å²) in [5.41, 5.74) is 9.49. The summed E-state index contributed by atoms with van der Waals surface area (Å²) in [5, 5.41) is 8.92. The Morgan fingerprint density at radius 3 is 2.74 bits per heavy atom. The van der Waals surface area contributed by atoms with E-state index in [1.54, 1.807) is 18.2 Å². The molecule has 0 fully saturated rings. The number of nitriles is 1. The smallest absolute Gasteiger partial charge is 0.124 e. The average molecular weight is 254 g/mol. The number of nitrogen functional groups attached to an aromatic ring is 1. The first-order valence-electron chi connectivity index (χ1n) is 6.24. The fourth-order valence-corrected chi connectivity index (χ4v) is 2.15. The highest BCUT2D eigenvalue weighted by molar-refractivity contribution is 5.79. The second kappa shape index (κ2) is 5.53. The molecule has 0 aliphatic rings. The fourth-order valence-electron chi connectivity index (χ4n) is 2.15. The van der Waals surface area contributed by atoms with Crippen molar-refractivity contribution in [3.63, 3.8) is 0 Å². The number of anilines is 1. The predicted molar refractivity (Wildman–Crippen MR) is 75.0 cm³/mol. The van der Waals surface area contributed by atoms with Gasteiger partial charge in [-0.05, 0) is 41.8 Å². The Morgan fingerprint density at radius 1 is 1.26 bits per heavy atom. The highest BCUT2D eigenvalue weighted by Crippen LogP contribution is 2.31. The van der Waals surface area contributed by atoms with Crippen molar-refractivity contribution < 1.29 is 4.39 Å². The number of rotatable bonds is 3. The van der Waals surface area contributed by atoms with E-state index in [4.69, 9.17) is 11.0 Å². The van der Waals surface area contributed by atoms with E-state index in [2.05, 4.69) is 6.07 Å². The monoisotopic (exact) mass is 254 g/mol. The lowest BCUT2D eigenvalue weighted by molar-refractivity contribution is 0.626. The normalized spacial score (nSPS) is 10.2. The molecule has 0 heterocycles. The lowest BCUT2D eigenvalue weighted by Gasteiger charge is -2.11. The van der Waals surface area contributed by atoms with Crippen molar-refractivity contribution in [1.29, 1.82) is 5.26 Å². The Morgan fingerprint density at radius 2 is 2.05 bits per heavy atom. The first-order chi connectivity index (χ1) is 9.15. The molecule has 0 radical (unpaired) electrons. The lowest BCUT2D eigenvalue weighted by Crippen LogP contribution is -1.99. The second-order valence-corrected chi connectivity index (χ2v) is 4.47. The number of nitrogens with two attached hydrogens (primary N) is 1. The zero-order valence-electron chi connectivity index (χ0n) is 10.8. The maximum Gasteiger partial charge on any atom is 0.124 e. The molecule has 0 amide bonds. The van der Waals surface area contributed by atoms with E-state index < -0.39 is 0 Å². The number of halogens is 1. The quantitative estimate of drug-likeness (QED) is 0.844. The molecule has 0 aliphatic carbocycles. The molecule has 3 heteroatoms. The molecular formula is C16H15FN2. The van der Waals surface area contributed by atoms with Gasteiger partial charge in [-0.1, -0.05) is 25.5 Å². The molecule has 2 nitrogen and oxygen atoms in total. The minimum atomic E-state index is -0.296. The van der Waals surface area contributed by atoms with E-state index in [0.717, 1.165) is 24.0 Å². The molecule has 0 saturated heterocycles. The molecule has 0 atom stereocenters. The molecule has 0 saturated carbocycles. The van der Waals surface area contributed by atoms with Crippen LogP contribution in [-0.2, 0) is 6.42 Å². The van der Waals surface area contributed by atoms with E-state index in [-0.39, 0.29) is 5.82 Å². The van der Waals surface area contributed by atoms with Crippen molar-refractivity contribution in [3.05, 3.63) is 53.3 Å². The first-order valence-corrected chi connectivity index (χ1v) is 6.24. The van der Waals surface area contributed by atoms with Crippen LogP contribution in [0.5, 0.6) is 0 Å². The predicted octanol–water partition coefficient (Wildman–Crippen LogP) is 3.90. The third kappa shape index (κ3) is 2.74. The van der Waals surface area contributed by atoms with Crippen molar-refractivity contribution in [2.24, 2.45) is 0 Å². The van der Waals surface area contributed by atoms with Crippen molar-refractivity contribution in [3.8, 4) is 17.2 Å². The topological polar surface area (TPSA) is 49.8 Å². The van der Waals surface area contributed by atoms with Gasteiger partial charge in [0.25, 0.3) is 0 Å². The first kappa shape index (κ1) is 13.1. The van der Waals surface area contributed by atoms with Gasteiger partial charge in [-0.2, -0.15) is 5.26 Å². The fraction of sp³-hybridized carbons (Fsp3) is 0.188. The number of aryl methyl sites for hydroxylation is 1. The van der Waals surface area contributed by atoms with Crippen LogP contribution in [0.25, 0.3) is 11.1 Å². The van der Waals surface area contributed by atoms with Crippen molar-refractivity contribution in [2.45, 2.75) is 19.8 Å². The van der Waals surface area contributed by atoms with E-state index in [0.29, 0.717) is 16.8 Å². The largest absolute Gasteiger partial charge is 0.398 e. The second-order valence-electron chi connectivity index (χ2n) is 4.47. The van der Waals surface area contributed by atoms with Crippen LogP contribution < -0.4 is 5.73 Å². The Kier molecular flexibility index (Phi) is 3.82. The molecule has 2 N–H and O–H groups in total. The van der Waals surface area contributed by atoms with E-state index in [1.165, 1.54) is 12.1 Å². The number of hydrogen-bond acceptors (Lipinski definition) is 2. The minimum absolute atomic E-state index is 0.296. The summed E-state index contributed by atoms with van der Waals surface area (Å²) in [6.07, 6.45) is 1.65. The molecule has 0 aromatic heterocycles. The van der Waals surface area contributed by atoms with Crippen LogP contribution in [0.15, 0.2) is 36.4 Å². The molecule has 0 unspecified atom stereocenters. The van der Waals surface area contributed by atoms with Gasteiger partial charge in [0.05, 0.1) is 11.6 Å². The molecule has 19 heavy (non-hydrogen) atoms. The van der Waals surface area contributed by atoms with Crippen LogP contribution >= 0.6 is 0 Å². The molecule has 0 bridgehead atoms. The molecule has 2 aromatic rings. The van der Waals surface area contributed by atoms with Gasteiger partial charge in [0.2, 0.25) is 0 Å². The number of nitrogens with zero attached hydrogens (tertiary/aromatic N) is 1. The summed E-state index contributed by atoms with van der Waals surface area (Å²) in [5.74, 6) is -0.296. The van der Waals surface area contributed by atoms with Gasteiger partial charge in [-0.15, -0.1) is 0 Å². The van der Waals surface area contributed by atoms with Crippen molar-refractivity contribution in [2.75, 3.05) is 5.73 Å². The average Bonchev–Trinajstić information content (AvgIpc) is 2.43. The third-order valence-electron chi connectivity index (χ3n) is 3.05. The van der Waals surface area contributed by atoms with Crippen LogP contribution in [0.1, 0.15) is 24.5 Å². The summed E-state index contributed by atoms with van der Waals surface area (Å²) in [4.78, 5) is 0. The zero-order valence-corrected chi connectivity index (χ0v) is 10.8. The summed E-state index contributed by atoms with van der Waals surface area (Å²) in [7, 11) is 0. The number of benzene rings is 2. The van der Waals surface area contributed by atoms with Gasteiger partial charge in [0, 0.05) is 11.3 Å². The summed E-state index contributed by atoms with van der Waals surface area (Å²) < 4.78 is 13.7. The minimum Gasteiger partial charge on any atom is -0.398 e. The third-order valence-corrected chi connectivity index (χ3v) is 3.05. The van der Waals surface area contributed by atoms with Crippen LogP contribution in [0.2, 0.25) is 0 Å². The Labute approximate surface area is 112 Å². The van der Waals surface area contributed by atoms with Gasteiger partial charge >= 0.3 is 0 Å². The van der Waals surface area contributed by atoms with Gasteiger partial charge in [-0.25, -0.2) is 4.39 Å². The van der Waals surface area contributed by atoms with E-state index in [1.807, 2.05) is 13.0 Å². The van der Waals surface area contributed by atoms with Crippen molar-refractivity contribution in [1.82, 2.24) is 0 Å². The van der Waals surface area contributed by atoms with Crippen LogP contribution in [-0.4, -0.2) is 0 Å². The van der Waals surface area contributed by atoms with Crippen LogP contribution in [0.3, 0.4) is 0 Å². The van der Waals surface area contributed by atoms with E-state index >= 15 is 0 Å². The van der Waals surface area contributed by atoms with Gasteiger partial charge in [-0.3, -0.25) is 0 Å². The lowest BCUT2D eigenvalue weighted by atomic mass is 9.97. The van der Waals surface area contributed by atoms with E-state index in [9.17, 15) is 4.39 Å². The Hall–Kier alpha value is -2.34. The van der Waals surface area contributed by atoms with Crippen LogP contribution in [0.4, 0.5) is 10.1 Å². The maximum absolute atomic E-state index is 13.7. The molecule has 0 aliphatic heterocycles. The standard InChI is InChI=1S/C16H15FN2/c1-2-4-13-8-14(17)9-15(16(13)19)12-6-3-5-11(7-12)10-18/h3,5-9H,2,4,19H2,1H3. The number of hydrogen-bond donors (Lipinski definition) is 1. The van der Waals surface area contributed by atoms with Crippen molar-refractivity contribution >= 4 is 5.69 Å². The molecule has 0 spiro atoms. The van der Waals surface area contributed by atoms with Gasteiger partial charge in [0.15, 0.2) is 0 Å². The summed E-state index contributed by atoms with van der Waals surface area (Å²) >= 11 is 0. The highest BCUT2D eigenvalue weighted by Gasteiger charge is 2.10. The molecule has 2 aromatic carbocycles. The molecule has 96 valence electrons. The zero-order chi connectivity index (χ0) is 13.8. The van der Waals surface area contributed by atoms with Gasteiger partial charge in [0.1, 0.15) is 5.82 Å². The van der Waals surface area contributed by atoms with Crippen LogP contribution in [0, 0.1) is 17.1 Å². The highest BCUT2D eigenvalue weighted by atomic mass is 19.1. The summed E-state index contributed by atoms with van der Waals surface area (Å²) in [6, 6.07) is 12.0. The summed E-state index contributed by atoms with van der Waals surface area (Å²) in [6.45, 7) is 2.03. The molecule has 2 rings (SSSR count).